The molecule has 0 bridgehead atoms. The number of nitrogens with zero attached hydrogens (tertiary/aromatic N) is 6. The van der Waals surface area contributed by atoms with Crippen LogP contribution in [0.1, 0.15) is 12.7 Å². The fourth-order valence-corrected chi connectivity index (χ4v) is 5.06. The Bertz CT molecular complexity index is 1160. The van der Waals surface area contributed by atoms with Crippen LogP contribution in [0, 0.1) is 0 Å². The summed E-state index contributed by atoms with van der Waals surface area (Å²) in [6.07, 6.45) is 0.729. The van der Waals surface area contributed by atoms with Crippen LogP contribution in [0.25, 0.3) is 5.65 Å². The van der Waals surface area contributed by atoms with E-state index in [9.17, 15) is 8.42 Å². The molecule has 0 radical (unpaired) electrons. The van der Waals surface area contributed by atoms with Crippen molar-refractivity contribution in [2.75, 3.05) is 45.3 Å². The van der Waals surface area contributed by atoms with E-state index in [0.717, 1.165) is 18.1 Å². The molecule has 1 aromatic carbocycles. The molecule has 11 heteroatoms. The van der Waals surface area contributed by atoms with Gasteiger partial charge in [-0.15, -0.1) is 15.3 Å². The highest BCUT2D eigenvalue weighted by Crippen LogP contribution is 2.31. The topological polar surface area (TPSA) is 102 Å². The lowest BCUT2D eigenvalue weighted by Crippen LogP contribution is -2.49. The molecule has 2 aromatic heterocycles. The molecule has 3 heterocycles. The molecule has 1 aliphatic rings. The zero-order valence-electron chi connectivity index (χ0n) is 17.1. The Balaban J connectivity index is 1.53. The van der Waals surface area contributed by atoms with Crippen LogP contribution in [0.15, 0.2) is 35.2 Å². The Labute approximate surface area is 175 Å². The lowest BCUT2D eigenvalue weighted by atomic mass is 10.3. The number of ether oxygens (including phenoxy) is 2. The summed E-state index contributed by atoms with van der Waals surface area (Å²) in [6, 6.07) is 8.48. The van der Waals surface area contributed by atoms with Gasteiger partial charge in [-0.25, -0.2) is 8.42 Å². The average molecular weight is 433 g/mol. The number of sulfonamides is 1. The first kappa shape index (κ1) is 20.4. The van der Waals surface area contributed by atoms with Crippen LogP contribution in [-0.4, -0.2) is 72.9 Å². The first-order chi connectivity index (χ1) is 14.5. The van der Waals surface area contributed by atoms with E-state index in [2.05, 4.69) is 20.2 Å². The SMILES string of the molecule is CCc1nnc2ccc(N3CCN(S(=O)(=O)c4ccc(OC)cc4OC)CC3)nn12. The summed E-state index contributed by atoms with van der Waals surface area (Å²) in [4.78, 5) is 2.20. The summed E-state index contributed by atoms with van der Waals surface area (Å²) in [5.41, 5.74) is 0.698. The van der Waals surface area contributed by atoms with Gasteiger partial charge in [0.2, 0.25) is 10.0 Å². The minimum atomic E-state index is -3.69. The number of methoxy groups -OCH3 is 2. The minimum Gasteiger partial charge on any atom is -0.497 e. The fraction of sp³-hybridized carbons (Fsp3) is 0.421. The van der Waals surface area contributed by atoms with E-state index < -0.39 is 10.0 Å². The maximum atomic E-state index is 13.2. The van der Waals surface area contributed by atoms with Crippen LogP contribution >= 0.6 is 0 Å². The number of anilines is 1. The quantitative estimate of drug-likeness (QED) is 0.573. The van der Waals surface area contributed by atoms with E-state index in [0.29, 0.717) is 37.6 Å². The molecule has 1 saturated heterocycles. The fourth-order valence-electron chi connectivity index (χ4n) is 3.50. The molecule has 0 aliphatic carbocycles. The van der Waals surface area contributed by atoms with Crippen LogP contribution in [0.5, 0.6) is 11.5 Å². The highest BCUT2D eigenvalue weighted by atomic mass is 32.2. The van der Waals surface area contributed by atoms with Gasteiger partial charge >= 0.3 is 0 Å². The lowest BCUT2D eigenvalue weighted by molar-refractivity contribution is 0.369. The third-order valence-electron chi connectivity index (χ3n) is 5.18. The Morgan fingerprint density at radius 3 is 2.43 bits per heavy atom. The van der Waals surface area contributed by atoms with Gasteiger partial charge in [-0.2, -0.15) is 8.82 Å². The molecule has 0 unspecified atom stereocenters. The Hall–Kier alpha value is -2.92. The number of hydrogen-bond donors (Lipinski definition) is 0. The van der Waals surface area contributed by atoms with Crippen molar-refractivity contribution in [1.29, 1.82) is 0 Å². The zero-order valence-corrected chi connectivity index (χ0v) is 18.0. The van der Waals surface area contributed by atoms with Gasteiger partial charge in [0.15, 0.2) is 11.5 Å². The second kappa shape index (κ2) is 8.07. The number of rotatable bonds is 6. The molecule has 0 saturated carbocycles. The molecule has 0 atom stereocenters. The molecule has 4 rings (SSSR count). The average Bonchev–Trinajstić information content (AvgIpc) is 3.21. The second-order valence-electron chi connectivity index (χ2n) is 6.84. The second-order valence-corrected chi connectivity index (χ2v) is 8.75. The van der Waals surface area contributed by atoms with Gasteiger partial charge in [0.1, 0.15) is 22.2 Å². The van der Waals surface area contributed by atoms with E-state index in [4.69, 9.17) is 9.47 Å². The smallest absolute Gasteiger partial charge is 0.246 e. The van der Waals surface area contributed by atoms with Crippen molar-refractivity contribution in [1.82, 2.24) is 24.1 Å². The maximum absolute atomic E-state index is 13.2. The predicted molar refractivity (Wildman–Crippen MR) is 111 cm³/mol. The molecular formula is C19H24N6O4S. The summed E-state index contributed by atoms with van der Waals surface area (Å²) in [7, 11) is -0.719. The summed E-state index contributed by atoms with van der Waals surface area (Å²) in [5, 5.41) is 12.9. The van der Waals surface area contributed by atoms with E-state index in [-0.39, 0.29) is 10.6 Å². The highest BCUT2D eigenvalue weighted by Gasteiger charge is 2.31. The first-order valence-electron chi connectivity index (χ1n) is 9.66. The van der Waals surface area contributed by atoms with Crippen LogP contribution in [-0.2, 0) is 16.4 Å². The van der Waals surface area contributed by atoms with Gasteiger partial charge in [0.05, 0.1) is 14.2 Å². The normalized spacial score (nSPS) is 15.5. The van der Waals surface area contributed by atoms with Crippen molar-refractivity contribution in [2.45, 2.75) is 18.2 Å². The van der Waals surface area contributed by atoms with E-state index >= 15 is 0 Å². The van der Waals surface area contributed by atoms with Crippen LogP contribution in [0.2, 0.25) is 0 Å². The van der Waals surface area contributed by atoms with Gasteiger partial charge in [-0.3, -0.25) is 0 Å². The van der Waals surface area contributed by atoms with Gasteiger partial charge < -0.3 is 14.4 Å². The predicted octanol–water partition coefficient (Wildman–Crippen LogP) is 1.21. The Kier molecular flexibility index (Phi) is 5.48. The van der Waals surface area contributed by atoms with Crippen molar-refractivity contribution in [3.05, 3.63) is 36.2 Å². The maximum Gasteiger partial charge on any atom is 0.246 e. The standard InChI is InChI=1S/C19H24N6O4S/c1-4-17-20-21-18-7-8-19(22-25(17)18)23-9-11-24(12-10-23)30(26,27)16-6-5-14(28-2)13-15(16)29-3/h5-8,13H,4,9-12H2,1-3H3. The zero-order chi connectivity index (χ0) is 21.3. The van der Waals surface area contributed by atoms with Crippen LogP contribution in [0.3, 0.4) is 0 Å². The van der Waals surface area contributed by atoms with Crippen molar-refractivity contribution in [3.8, 4) is 11.5 Å². The van der Waals surface area contributed by atoms with E-state index in [1.54, 1.807) is 16.6 Å². The number of hydrogen-bond acceptors (Lipinski definition) is 8. The van der Waals surface area contributed by atoms with Crippen LogP contribution in [0.4, 0.5) is 5.82 Å². The molecule has 0 spiro atoms. The number of aromatic nitrogens is 4. The van der Waals surface area contributed by atoms with Gasteiger partial charge in [-0.05, 0) is 24.3 Å². The Morgan fingerprint density at radius 1 is 1.00 bits per heavy atom. The summed E-state index contributed by atoms with van der Waals surface area (Å²) < 4.78 is 40.0. The monoisotopic (exact) mass is 432 g/mol. The molecule has 10 nitrogen and oxygen atoms in total. The minimum absolute atomic E-state index is 0.135. The third-order valence-corrected chi connectivity index (χ3v) is 7.12. The van der Waals surface area contributed by atoms with Gasteiger partial charge in [0.25, 0.3) is 0 Å². The van der Waals surface area contributed by atoms with E-state index in [1.807, 2.05) is 19.1 Å². The highest BCUT2D eigenvalue weighted by molar-refractivity contribution is 7.89. The summed E-state index contributed by atoms with van der Waals surface area (Å²) in [5.74, 6) is 2.37. The van der Waals surface area contributed by atoms with Crippen LogP contribution < -0.4 is 14.4 Å². The molecule has 3 aromatic rings. The third kappa shape index (κ3) is 3.54. The Morgan fingerprint density at radius 2 is 1.77 bits per heavy atom. The molecule has 0 amide bonds. The summed E-state index contributed by atoms with van der Waals surface area (Å²) >= 11 is 0. The largest absolute Gasteiger partial charge is 0.497 e. The van der Waals surface area contributed by atoms with E-state index in [1.165, 1.54) is 24.6 Å². The van der Waals surface area contributed by atoms with Gasteiger partial charge in [0, 0.05) is 38.7 Å². The number of fused-ring (bicyclic) bond motifs is 1. The lowest BCUT2D eigenvalue weighted by Gasteiger charge is -2.34. The molecule has 160 valence electrons. The molecular weight excluding hydrogens is 408 g/mol. The number of aryl methyl sites for hydroxylation is 1. The van der Waals surface area contributed by atoms with Crippen molar-refractivity contribution in [3.63, 3.8) is 0 Å². The summed E-state index contributed by atoms with van der Waals surface area (Å²) in [6.45, 7) is 3.75. The first-order valence-corrected chi connectivity index (χ1v) is 11.1. The van der Waals surface area contributed by atoms with Gasteiger partial charge in [-0.1, -0.05) is 6.92 Å². The van der Waals surface area contributed by atoms with Crippen molar-refractivity contribution >= 4 is 21.5 Å². The number of piperazine rings is 1. The van der Waals surface area contributed by atoms with Crippen molar-refractivity contribution in [2.24, 2.45) is 0 Å². The van der Waals surface area contributed by atoms with Crippen molar-refractivity contribution < 1.29 is 17.9 Å². The molecule has 0 N–H and O–H groups in total. The molecule has 30 heavy (non-hydrogen) atoms. The number of benzene rings is 1. The molecule has 1 aliphatic heterocycles. The molecule has 1 fully saturated rings.